The molecule has 24 heavy (non-hydrogen) atoms. The van der Waals surface area contributed by atoms with Crippen LogP contribution in [0.15, 0.2) is 48.5 Å². The molecular weight excluding hydrogens is 351 g/mol. The smallest absolute Gasteiger partial charge is 0.258 e. The van der Waals surface area contributed by atoms with Crippen molar-refractivity contribution in [1.82, 2.24) is 10.6 Å². The number of benzene rings is 2. The largest absolute Gasteiger partial charge is 0.484 e. The van der Waals surface area contributed by atoms with Crippen LogP contribution < -0.4 is 15.4 Å². The van der Waals surface area contributed by atoms with Gasteiger partial charge in [0.05, 0.1) is 10.6 Å². The lowest BCUT2D eigenvalue weighted by atomic mass is 10.2. The Balaban J connectivity index is 1.65. The van der Waals surface area contributed by atoms with Crippen LogP contribution in [0.1, 0.15) is 10.4 Å². The summed E-state index contributed by atoms with van der Waals surface area (Å²) in [4.78, 5) is 23.6. The number of carbonyl (C=O) groups excluding carboxylic acids is 2. The molecule has 0 heterocycles. The van der Waals surface area contributed by atoms with E-state index in [0.717, 1.165) is 0 Å². The van der Waals surface area contributed by atoms with Crippen LogP contribution in [0.25, 0.3) is 0 Å². The number of halogens is 2. The first-order valence-electron chi connectivity index (χ1n) is 7.24. The number of carbonyl (C=O) groups is 2. The molecule has 0 atom stereocenters. The van der Waals surface area contributed by atoms with Gasteiger partial charge in [0.1, 0.15) is 5.75 Å². The van der Waals surface area contributed by atoms with Crippen LogP contribution in [-0.2, 0) is 4.79 Å². The van der Waals surface area contributed by atoms with Crippen molar-refractivity contribution in [3.8, 4) is 5.75 Å². The highest BCUT2D eigenvalue weighted by molar-refractivity contribution is 6.33. The maximum absolute atomic E-state index is 11.9. The SMILES string of the molecule is O=C(COc1ccc(Cl)cc1)NCCNC(=O)c1ccccc1Cl. The molecule has 0 fully saturated rings. The van der Waals surface area contributed by atoms with E-state index in [1.165, 1.54) is 0 Å². The normalized spacial score (nSPS) is 10.1. The van der Waals surface area contributed by atoms with Crippen LogP contribution in [0, 0.1) is 0 Å². The Morgan fingerprint density at radius 3 is 2.29 bits per heavy atom. The van der Waals surface area contributed by atoms with Crippen molar-refractivity contribution in [2.24, 2.45) is 0 Å². The highest BCUT2D eigenvalue weighted by Gasteiger charge is 2.08. The minimum atomic E-state index is -0.285. The van der Waals surface area contributed by atoms with Crippen molar-refractivity contribution in [1.29, 1.82) is 0 Å². The quantitative estimate of drug-likeness (QED) is 0.740. The Morgan fingerprint density at radius 2 is 1.58 bits per heavy atom. The van der Waals surface area contributed by atoms with E-state index in [9.17, 15) is 9.59 Å². The molecule has 2 aromatic rings. The van der Waals surface area contributed by atoms with E-state index in [2.05, 4.69) is 10.6 Å². The maximum Gasteiger partial charge on any atom is 0.258 e. The van der Waals surface area contributed by atoms with Gasteiger partial charge in [0, 0.05) is 18.1 Å². The predicted molar refractivity (Wildman–Crippen MR) is 93.7 cm³/mol. The Morgan fingerprint density at radius 1 is 0.917 bits per heavy atom. The average Bonchev–Trinajstić information content (AvgIpc) is 2.58. The molecule has 126 valence electrons. The first kappa shape index (κ1) is 18.1. The summed E-state index contributed by atoms with van der Waals surface area (Å²) in [5.74, 6) is -0.00854. The van der Waals surface area contributed by atoms with Gasteiger partial charge in [-0.15, -0.1) is 0 Å². The minimum absolute atomic E-state index is 0.111. The highest BCUT2D eigenvalue weighted by Crippen LogP contribution is 2.15. The maximum atomic E-state index is 11.9. The van der Waals surface area contributed by atoms with Crippen LogP contribution in [0.5, 0.6) is 5.75 Å². The molecule has 0 aromatic heterocycles. The molecule has 5 nitrogen and oxygen atoms in total. The molecule has 0 radical (unpaired) electrons. The predicted octanol–water partition coefficient (Wildman–Crippen LogP) is 2.92. The summed E-state index contributed by atoms with van der Waals surface area (Å²) in [5, 5.41) is 6.31. The molecule has 2 rings (SSSR count). The first-order chi connectivity index (χ1) is 11.6. The second-order valence-corrected chi connectivity index (χ2v) is 5.67. The Hall–Kier alpha value is -2.24. The molecule has 7 heteroatoms. The number of ether oxygens (including phenoxy) is 1. The summed E-state index contributed by atoms with van der Waals surface area (Å²) in [6.07, 6.45) is 0. The lowest BCUT2D eigenvalue weighted by Crippen LogP contribution is -2.36. The van der Waals surface area contributed by atoms with Crippen LogP contribution in [0.2, 0.25) is 10.0 Å². The van der Waals surface area contributed by atoms with E-state index < -0.39 is 0 Å². The molecular formula is C17H16Cl2N2O3. The summed E-state index contributed by atoms with van der Waals surface area (Å²) in [5.41, 5.74) is 0.400. The second-order valence-electron chi connectivity index (χ2n) is 4.83. The van der Waals surface area contributed by atoms with Crippen molar-refractivity contribution in [3.05, 3.63) is 64.1 Å². The Bertz CT molecular complexity index is 705. The zero-order valence-corrected chi connectivity index (χ0v) is 14.2. The third-order valence-corrected chi connectivity index (χ3v) is 3.62. The standard InChI is InChI=1S/C17H16Cl2N2O3/c18-12-5-7-13(8-6-12)24-11-16(22)20-9-10-21-17(23)14-3-1-2-4-15(14)19/h1-8H,9-11H2,(H,20,22)(H,21,23). The summed E-state index contributed by atoms with van der Waals surface area (Å²) >= 11 is 11.7. The first-order valence-corrected chi connectivity index (χ1v) is 7.99. The fourth-order valence-electron chi connectivity index (χ4n) is 1.85. The summed E-state index contributed by atoms with van der Waals surface area (Å²) in [7, 11) is 0. The lowest BCUT2D eigenvalue weighted by molar-refractivity contribution is -0.123. The van der Waals surface area contributed by atoms with Crippen LogP contribution in [-0.4, -0.2) is 31.5 Å². The second kappa shape index (κ2) is 9.15. The van der Waals surface area contributed by atoms with Gasteiger partial charge >= 0.3 is 0 Å². The fraction of sp³-hybridized carbons (Fsp3) is 0.176. The molecule has 0 aliphatic heterocycles. The van der Waals surface area contributed by atoms with E-state index in [0.29, 0.717) is 27.9 Å². The number of hydrogen-bond donors (Lipinski definition) is 2. The third-order valence-electron chi connectivity index (χ3n) is 3.03. The van der Waals surface area contributed by atoms with Gasteiger partial charge in [-0.3, -0.25) is 9.59 Å². The molecule has 0 aliphatic carbocycles. The number of amides is 2. The molecule has 2 aromatic carbocycles. The van der Waals surface area contributed by atoms with Crippen molar-refractivity contribution in [2.45, 2.75) is 0 Å². The monoisotopic (exact) mass is 366 g/mol. The van der Waals surface area contributed by atoms with E-state index in [1.807, 2.05) is 0 Å². The molecule has 0 unspecified atom stereocenters. The topological polar surface area (TPSA) is 67.4 Å². The van der Waals surface area contributed by atoms with E-state index in [1.54, 1.807) is 48.5 Å². The number of nitrogens with one attached hydrogen (secondary N) is 2. The molecule has 0 aliphatic rings. The van der Waals surface area contributed by atoms with Crippen molar-refractivity contribution in [3.63, 3.8) is 0 Å². The summed E-state index contributed by atoms with van der Waals surface area (Å²) in [6.45, 7) is 0.468. The molecule has 0 bridgehead atoms. The van der Waals surface area contributed by atoms with Gasteiger partial charge in [-0.05, 0) is 36.4 Å². The van der Waals surface area contributed by atoms with E-state index >= 15 is 0 Å². The lowest BCUT2D eigenvalue weighted by Gasteiger charge is -2.09. The summed E-state index contributed by atoms with van der Waals surface area (Å²) in [6, 6.07) is 13.5. The zero-order chi connectivity index (χ0) is 17.4. The van der Waals surface area contributed by atoms with E-state index in [-0.39, 0.29) is 25.0 Å². The van der Waals surface area contributed by atoms with Gasteiger partial charge in [0.2, 0.25) is 0 Å². The highest BCUT2D eigenvalue weighted by atomic mass is 35.5. The van der Waals surface area contributed by atoms with Gasteiger partial charge < -0.3 is 15.4 Å². The van der Waals surface area contributed by atoms with Crippen LogP contribution in [0.3, 0.4) is 0 Å². The molecule has 0 saturated carbocycles. The zero-order valence-electron chi connectivity index (χ0n) is 12.7. The van der Waals surface area contributed by atoms with Gasteiger partial charge in [-0.1, -0.05) is 35.3 Å². The number of hydrogen-bond acceptors (Lipinski definition) is 3. The Labute approximate surface area is 149 Å². The van der Waals surface area contributed by atoms with Crippen molar-refractivity contribution >= 4 is 35.0 Å². The fourth-order valence-corrected chi connectivity index (χ4v) is 2.20. The minimum Gasteiger partial charge on any atom is -0.484 e. The number of rotatable bonds is 7. The molecule has 2 amide bonds. The van der Waals surface area contributed by atoms with Gasteiger partial charge in [0.15, 0.2) is 6.61 Å². The van der Waals surface area contributed by atoms with Crippen molar-refractivity contribution in [2.75, 3.05) is 19.7 Å². The van der Waals surface area contributed by atoms with Gasteiger partial charge in [0.25, 0.3) is 11.8 Å². The van der Waals surface area contributed by atoms with Gasteiger partial charge in [-0.25, -0.2) is 0 Å². The van der Waals surface area contributed by atoms with Crippen LogP contribution in [0.4, 0.5) is 0 Å². The molecule has 2 N–H and O–H groups in total. The van der Waals surface area contributed by atoms with Crippen molar-refractivity contribution < 1.29 is 14.3 Å². The van der Waals surface area contributed by atoms with E-state index in [4.69, 9.17) is 27.9 Å². The molecule has 0 spiro atoms. The summed E-state index contributed by atoms with van der Waals surface area (Å²) < 4.78 is 5.31. The van der Waals surface area contributed by atoms with Crippen LogP contribution >= 0.6 is 23.2 Å². The average molecular weight is 367 g/mol. The van der Waals surface area contributed by atoms with Gasteiger partial charge in [-0.2, -0.15) is 0 Å². The third kappa shape index (κ3) is 5.76. The Kier molecular flexibility index (Phi) is 6.90. The molecule has 0 saturated heterocycles.